The molecule has 74 valence electrons. The number of hydrogen-bond acceptors (Lipinski definition) is 3. The third kappa shape index (κ3) is 2.02. The largest absolute Gasteiger partial charge is 0.440 e. The van der Waals surface area contributed by atoms with E-state index in [0.717, 1.165) is 0 Å². The number of nitrogens with zero attached hydrogens (tertiary/aromatic N) is 2. The Labute approximate surface area is 85.8 Å². The maximum atomic E-state index is 12.6. The van der Waals surface area contributed by atoms with Gasteiger partial charge < -0.3 is 4.42 Å². The van der Waals surface area contributed by atoms with Gasteiger partial charge >= 0.3 is 0 Å². The third-order valence-electron chi connectivity index (χ3n) is 1.90. The zero-order valence-electron chi connectivity index (χ0n) is 7.77. The van der Waals surface area contributed by atoms with E-state index < -0.39 is 0 Å². The minimum atomic E-state index is -0.303. The zero-order valence-corrected chi connectivity index (χ0v) is 7.77. The molecule has 0 aliphatic rings. The fourth-order valence-electron chi connectivity index (χ4n) is 1.19. The maximum absolute atomic E-state index is 12.6. The van der Waals surface area contributed by atoms with E-state index in [9.17, 15) is 4.39 Å². The number of oxazole rings is 1. The van der Waals surface area contributed by atoms with Gasteiger partial charge in [-0.15, -0.1) is 0 Å². The normalized spacial score (nSPS) is 9.87. The fraction of sp³-hybridized carbons (Fsp3) is 0.0909. The van der Waals surface area contributed by atoms with Gasteiger partial charge in [0, 0.05) is 5.56 Å². The van der Waals surface area contributed by atoms with E-state index >= 15 is 0 Å². The van der Waals surface area contributed by atoms with Gasteiger partial charge in [-0.05, 0) is 24.3 Å². The summed E-state index contributed by atoms with van der Waals surface area (Å²) in [6.45, 7) is 0. The highest BCUT2D eigenvalue weighted by Crippen LogP contribution is 2.19. The summed E-state index contributed by atoms with van der Waals surface area (Å²) in [5, 5.41) is 8.45. The molecule has 0 fully saturated rings. The van der Waals surface area contributed by atoms with Crippen LogP contribution in [0.4, 0.5) is 4.39 Å². The second-order valence-electron chi connectivity index (χ2n) is 2.97. The highest BCUT2D eigenvalue weighted by molar-refractivity contribution is 5.52. The quantitative estimate of drug-likeness (QED) is 0.751. The van der Waals surface area contributed by atoms with Crippen LogP contribution in [-0.4, -0.2) is 4.98 Å². The molecule has 0 amide bonds. The summed E-state index contributed by atoms with van der Waals surface area (Å²) in [6.07, 6.45) is 1.69. The molecular formula is C11H7FN2O. The Hall–Kier alpha value is -2.15. The van der Waals surface area contributed by atoms with Gasteiger partial charge in [-0.1, -0.05) is 0 Å². The van der Waals surface area contributed by atoms with E-state index in [1.54, 1.807) is 12.1 Å². The van der Waals surface area contributed by atoms with E-state index in [2.05, 4.69) is 4.98 Å². The Kier molecular flexibility index (Phi) is 2.46. The van der Waals surface area contributed by atoms with Crippen molar-refractivity contribution >= 4 is 0 Å². The minimum absolute atomic E-state index is 0.189. The van der Waals surface area contributed by atoms with Crippen molar-refractivity contribution in [2.45, 2.75) is 6.42 Å². The highest BCUT2D eigenvalue weighted by atomic mass is 19.1. The first-order valence-electron chi connectivity index (χ1n) is 4.37. The van der Waals surface area contributed by atoms with Crippen LogP contribution in [0.25, 0.3) is 11.5 Å². The molecular weight excluding hydrogens is 195 g/mol. The van der Waals surface area contributed by atoms with Crippen molar-refractivity contribution in [3.63, 3.8) is 0 Å². The second-order valence-corrected chi connectivity index (χ2v) is 2.97. The van der Waals surface area contributed by atoms with E-state index in [4.69, 9.17) is 9.68 Å². The summed E-state index contributed by atoms with van der Waals surface area (Å²) in [6, 6.07) is 7.80. The highest BCUT2D eigenvalue weighted by Gasteiger charge is 2.05. The van der Waals surface area contributed by atoms with Gasteiger partial charge in [0.1, 0.15) is 11.6 Å². The maximum Gasteiger partial charge on any atom is 0.226 e. The van der Waals surface area contributed by atoms with Gasteiger partial charge in [0.05, 0.1) is 18.7 Å². The number of nitriles is 1. The van der Waals surface area contributed by atoms with Crippen molar-refractivity contribution in [1.29, 1.82) is 5.26 Å². The SMILES string of the molecule is N#CCc1cnc(-c2ccc(F)cc2)o1. The molecule has 0 atom stereocenters. The Morgan fingerprint density at radius 2 is 2.07 bits per heavy atom. The molecule has 0 saturated heterocycles. The van der Waals surface area contributed by atoms with E-state index in [1.807, 2.05) is 6.07 Å². The minimum Gasteiger partial charge on any atom is -0.440 e. The van der Waals surface area contributed by atoms with Crippen molar-refractivity contribution in [2.75, 3.05) is 0 Å². The van der Waals surface area contributed by atoms with Crippen molar-refractivity contribution in [2.24, 2.45) is 0 Å². The lowest BCUT2D eigenvalue weighted by Crippen LogP contribution is -1.77. The van der Waals surface area contributed by atoms with Crippen LogP contribution in [0.5, 0.6) is 0 Å². The fourth-order valence-corrected chi connectivity index (χ4v) is 1.19. The number of benzene rings is 1. The molecule has 1 aromatic carbocycles. The second kappa shape index (κ2) is 3.93. The third-order valence-corrected chi connectivity index (χ3v) is 1.90. The molecule has 0 bridgehead atoms. The lowest BCUT2D eigenvalue weighted by molar-refractivity contribution is 0.532. The molecule has 0 saturated carbocycles. The summed E-state index contributed by atoms with van der Waals surface area (Å²) < 4.78 is 17.9. The standard InChI is InChI=1S/C11H7FN2O/c12-9-3-1-8(2-4-9)11-14-7-10(15-11)5-6-13/h1-4,7H,5H2. The Morgan fingerprint density at radius 1 is 1.33 bits per heavy atom. The first-order valence-corrected chi connectivity index (χ1v) is 4.37. The van der Waals surface area contributed by atoms with Crippen LogP contribution >= 0.6 is 0 Å². The van der Waals surface area contributed by atoms with Gasteiger partial charge in [0.25, 0.3) is 0 Å². The van der Waals surface area contributed by atoms with Gasteiger partial charge in [-0.25, -0.2) is 9.37 Å². The van der Waals surface area contributed by atoms with Crippen LogP contribution in [0.15, 0.2) is 34.9 Å². The molecule has 0 aliphatic carbocycles. The Morgan fingerprint density at radius 3 is 2.73 bits per heavy atom. The van der Waals surface area contributed by atoms with Crippen LogP contribution < -0.4 is 0 Å². The molecule has 0 radical (unpaired) electrons. The van der Waals surface area contributed by atoms with Crippen molar-refractivity contribution < 1.29 is 8.81 Å². The Bertz CT molecular complexity index is 496. The number of halogens is 1. The molecule has 3 nitrogen and oxygen atoms in total. The van der Waals surface area contributed by atoms with E-state index in [-0.39, 0.29) is 12.2 Å². The molecule has 1 aromatic heterocycles. The topological polar surface area (TPSA) is 49.8 Å². The van der Waals surface area contributed by atoms with Gasteiger partial charge in [-0.3, -0.25) is 0 Å². The first kappa shape index (κ1) is 9.41. The van der Waals surface area contributed by atoms with Crippen molar-refractivity contribution in [1.82, 2.24) is 4.98 Å². The van der Waals surface area contributed by atoms with Crippen LogP contribution in [0, 0.1) is 17.1 Å². The molecule has 2 aromatic rings. The van der Waals surface area contributed by atoms with Crippen LogP contribution in [0.1, 0.15) is 5.76 Å². The van der Waals surface area contributed by atoms with E-state index in [0.29, 0.717) is 17.2 Å². The number of aromatic nitrogens is 1. The first-order chi connectivity index (χ1) is 7.29. The average molecular weight is 202 g/mol. The van der Waals surface area contributed by atoms with Gasteiger partial charge in [0.15, 0.2) is 0 Å². The summed E-state index contributed by atoms with van der Waals surface area (Å²) >= 11 is 0. The predicted molar refractivity (Wildman–Crippen MR) is 51.2 cm³/mol. The molecule has 4 heteroatoms. The summed E-state index contributed by atoms with van der Waals surface area (Å²) in [5.41, 5.74) is 0.695. The molecule has 15 heavy (non-hydrogen) atoms. The molecule has 0 unspecified atom stereocenters. The monoisotopic (exact) mass is 202 g/mol. The average Bonchev–Trinajstić information content (AvgIpc) is 2.68. The summed E-state index contributed by atoms with van der Waals surface area (Å²) in [4.78, 5) is 3.99. The van der Waals surface area contributed by atoms with Crippen molar-refractivity contribution in [3.8, 4) is 17.5 Å². The lowest BCUT2D eigenvalue weighted by Gasteiger charge is -1.94. The summed E-state index contributed by atoms with van der Waals surface area (Å²) in [7, 11) is 0. The van der Waals surface area contributed by atoms with Gasteiger partial charge in [0.2, 0.25) is 5.89 Å². The number of hydrogen-bond donors (Lipinski definition) is 0. The van der Waals surface area contributed by atoms with Crippen LogP contribution in [0.3, 0.4) is 0 Å². The molecule has 2 rings (SSSR count). The molecule has 0 spiro atoms. The summed E-state index contributed by atoms with van der Waals surface area (Å²) in [5.74, 6) is 0.611. The van der Waals surface area contributed by atoms with Crippen LogP contribution in [0.2, 0.25) is 0 Å². The lowest BCUT2D eigenvalue weighted by atomic mass is 10.2. The van der Waals surface area contributed by atoms with E-state index in [1.165, 1.54) is 18.3 Å². The predicted octanol–water partition coefficient (Wildman–Crippen LogP) is 2.55. The smallest absolute Gasteiger partial charge is 0.226 e. The molecule has 0 aliphatic heterocycles. The Balaban J connectivity index is 2.30. The molecule has 1 heterocycles. The number of rotatable bonds is 2. The van der Waals surface area contributed by atoms with Crippen LogP contribution in [-0.2, 0) is 6.42 Å². The molecule has 0 N–H and O–H groups in total. The van der Waals surface area contributed by atoms with Gasteiger partial charge in [-0.2, -0.15) is 5.26 Å². The van der Waals surface area contributed by atoms with Crippen molar-refractivity contribution in [3.05, 3.63) is 42.0 Å². The zero-order chi connectivity index (χ0) is 10.7.